The molecule has 0 unspecified atom stereocenters. The van der Waals surface area contributed by atoms with Gasteiger partial charge in [0.2, 0.25) is 5.91 Å². The first-order valence-electron chi connectivity index (χ1n) is 8.46. The lowest BCUT2D eigenvalue weighted by Crippen LogP contribution is -2.32. The molecule has 3 rings (SSSR count). The largest absolute Gasteiger partial charge is 0.457 e. The minimum Gasteiger partial charge on any atom is -0.457 e. The van der Waals surface area contributed by atoms with Gasteiger partial charge in [-0.25, -0.2) is 9.37 Å². The lowest BCUT2D eigenvalue weighted by Gasteiger charge is -2.13. The van der Waals surface area contributed by atoms with Crippen LogP contribution >= 0.6 is 0 Å². The van der Waals surface area contributed by atoms with Gasteiger partial charge in [-0.1, -0.05) is 0 Å². The summed E-state index contributed by atoms with van der Waals surface area (Å²) in [6, 6.07) is 17.5. The van der Waals surface area contributed by atoms with Crippen molar-refractivity contribution in [3.63, 3.8) is 0 Å². The minimum atomic E-state index is -0.624. The third-order valence-corrected chi connectivity index (χ3v) is 3.95. The molecule has 7 heteroatoms. The number of hydrogen-bond donors (Lipinski definition) is 2. The van der Waals surface area contributed by atoms with E-state index >= 15 is 0 Å². The van der Waals surface area contributed by atoms with Crippen LogP contribution in [0, 0.1) is 17.1 Å². The normalized spacial score (nSPS) is 11.3. The number of carbonyl (C=O) groups excluding carboxylic acids is 1. The first-order valence-corrected chi connectivity index (χ1v) is 8.46. The first-order chi connectivity index (χ1) is 13.4. The summed E-state index contributed by atoms with van der Waals surface area (Å²) in [6.07, 6.45) is 0. The SMILES string of the molecule is C[C@H](Nc1cc(C#N)cc(-c2ccc(Oc3ccc(F)cc3)cc2)n1)C(N)=O. The summed E-state index contributed by atoms with van der Waals surface area (Å²) in [4.78, 5) is 15.7. The third kappa shape index (κ3) is 4.62. The summed E-state index contributed by atoms with van der Waals surface area (Å²) >= 11 is 0. The number of primary amides is 1. The van der Waals surface area contributed by atoms with Crippen molar-refractivity contribution >= 4 is 11.7 Å². The van der Waals surface area contributed by atoms with Crippen LogP contribution in [0.3, 0.4) is 0 Å². The van der Waals surface area contributed by atoms with E-state index in [1.165, 1.54) is 12.1 Å². The van der Waals surface area contributed by atoms with Crippen molar-refractivity contribution in [1.29, 1.82) is 5.26 Å². The number of carbonyl (C=O) groups is 1. The molecule has 2 aromatic carbocycles. The van der Waals surface area contributed by atoms with Crippen molar-refractivity contribution in [2.45, 2.75) is 13.0 Å². The molecule has 3 aromatic rings. The first kappa shape index (κ1) is 18.9. The molecule has 1 heterocycles. The summed E-state index contributed by atoms with van der Waals surface area (Å²) in [7, 11) is 0. The topological polar surface area (TPSA) is 101 Å². The molecule has 0 radical (unpaired) electrons. The summed E-state index contributed by atoms with van der Waals surface area (Å²) in [5, 5.41) is 12.1. The maximum atomic E-state index is 13.0. The molecule has 0 spiro atoms. The number of nitrogens with two attached hydrogens (primary N) is 1. The van der Waals surface area contributed by atoms with Crippen molar-refractivity contribution < 1.29 is 13.9 Å². The van der Waals surface area contributed by atoms with Gasteiger partial charge >= 0.3 is 0 Å². The van der Waals surface area contributed by atoms with E-state index in [1.54, 1.807) is 55.5 Å². The van der Waals surface area contributed by atoms with E-state index in [4.69, 9.17) is 10.5 Å². The number of pyridine rings is 1. The summed E-state index contributed by atoms with van der Waals surface area (Å²) < 4.78 is 18.6. The highest BCUT2D eigenvalue weighted by molar-refractivity contribution is 5.82. The molecule has 0 aliphatic rings. The van der Waals surface area contributed by atoms with E-state index in [0.717, 1.165) is 5.56 Å². The summed E-state index contributed by atoms with van der Waals surface area (Å²) in [5.74, 6) is 0.624. The maximum absolute atomic E-state index is 13.0. The van der Waals surface area contributed by atoms with Gasteiger partial charge in [-0.15, -0.1) is 0 Å². The Morgan fingerprint density at radius 1 is 1.14 bits per heavy atom. The van der Waals surface area contributed by atoms with Crippen LogP contribution in [-0.2, 0) is 4.79 Å². The molecule has 0 aliphatic carbocycles. The zero-order valence-electron chi connectivity index (χ0n) is 15.0. The molecule has 1 atom stereocenters. The van der Waals surface area contributed by atoms with E-state index in [2.05, 4.69) is 16.4 Å². The third-order valence-electron chi connectivity index (χ3n) is 3.95. The lowest BCUT2D eigenvalue weighted by atomic mass is 10.1. The van der Waals surface area contributed by atoms with Crippen molar-refractivity contribution in [3.05, 3.63) is 72.0 Å². The second-order valence-electron chi connectivity index (χ2n) is 6.09. The number of hydrogen-bond acceptors (Lipinski definition) is 5. The van der Waals surface area contributed by atoms with Crippen LogP contribution in [0.15, 0.2) is 60.7 Å². The monoisotopic (exact) mass is 376 g/mol. The van der Waals surface area contributed by atoms with Gasteiger partial charge in [0.25, 0.3) is 0 Å². The zero-order chi connectivity index (χ0) is 20.1. The Balaban J connectivity index is 1.83. The summed E-state index contributed by atoms with van der Waals surface area (Å²) in [6.45, 7) is 1.62. The van der Waals surface area contributed by atoms with Crippen molar-refractivity contribution in [3.8, 4) is 28.8 Å². The van der Waals surface area contributed by atoms with E-state index in [-0.39, 0.29) is 5.82 Å². The van der Waals surface area contributed by atoms with Gasteiger partial charge in [-0.05, 0) is 67.6 Å². The molecule has 6 nitrogen and oxygen atoms in total. The number of ether oxygens (including phenoxy) is 1. The minimum absolute atomic E-state index is 0.332. The van der Waals surface area contributed by atoms with Crippen LogP contribution in [0.4, 0.5) is 10.2 Å². The number of nitrogens with one attached hydrogen (secondary N) is 1. The highest BCUT2D eigenvalue weighted by Gasteiger charge is 2.11. The second-order valence-corrected chi connectivity index (χ2v) is 6.09. The van der Waals surface area contributed by atoms with Gasteiger partial charge in [-0.3, -0.25) is 4.79 Å². The van der Waals surface area contributed by atoms with Crippen molar-refractivity contribution in [1.82, 2.24) is 4.98 Å². The van der Waals surface area contributed by atoms with Crippen molar-refractivity contribution in [2.75, 3.05) is 5.32 Å². The quantitative estimate of drug-likeness (QED) is 0.681. The molecule has 0 fully saturated rings. The van der Waals surface area contributed by atoms with Crippen LogP contribution in [0.5, 0.6) is 11.5 Å². The van der Waals surface area contributed by atoms with Crippen molar-refractivity contribution in [2.24, 2.45) is 5.73 Å². The predicted octanol–water partition coefficient (Wildman–Crippen LogP) is 3.84. The molecule has 0 saturated carbocycles. The molecule has 3 N–H and O–H groups in total. The molecule has 28 heavy (non-hydrogen) atoms. The Kier molecular flexibility index (Phi) is 5.51. The lowest BCUT2D eigenvalue weighted by molar-refractivity contribution is -0.118. The van der Waals surface area contributed by atoms with Gasteiger partial charge < -0.3 is 15.8 Å². The average Bonchev–Trinajstić information content (AvgIpc) is 2.70. The van der Waals surface area contributed by atoms with Crippen LogP contribution in [0.25, 0.3) is 11.3 Å². The number of amides is 1. The Hall–Kier alpha value is -3.92. The van der Waals surface area contributed by atoms with Crippen LogP contribution in [0.1, 0.15) is 12.5 Å². The number of rotatable bonds is 6. The Morgan fingerprint density at radius 3 is 2.32 bits per heavy atom. The van der Waals surface area contributed by atoms with Crippen LogP contribution < -0.4 is 15.8 Å². The molecule has 0 bridgehead atoms. The molecule has 140 valence electrons. The fraction of sp³-hybridized carbons (Fsp3) is 0.0952. The standard InChI is InChI=1S/C21H17FN4O2/c1-13(21(24)27)25-20-11-14(12-23)10-19(26-20)15-2-6-17(7-3-15)28-18-8-4-16(22)5-9-18/h2-11,13H,1H3,(H2,24,27)(H,25,26)/t13-/m0/s1. The predicted molar refractivity (Wildman–Crippen MR) is 103 cm³/mol. The number of halogens is 1. The van der Waals surface area contributed by atoms with E-state index in [0.29, 0.717) is 28.6 Å². The highest BCUT2D eigenvalue weighted by atomic mass is 19.1. The fourth-order valence-corrected chi connectivity index (χ4v) is 2.44. The zero-order valence-corrected chi connectivity index (χ0v) is 15.0. The average molecular weight is 376 g/mol. The number of nitrogens with zero attached hydrogens (tertiary/aromatic N) is 2. The van der Waals surface area contributed by atoms with Gasteiger partial charge in [-0.2, -0.15) is 5.26 Å². The van der Waals surface area contributed by atoms with Gasteiger partial charge in [0.1, 0.15) is 29.2 Å². The van der Waals surface area contributed by atoms with Crippen LogP contribution in [0.2, 0.25) is 0 Å². The number of benzene rings is 2. The molecular weight excluding hydrogens is 359 g/mol. The summed E-state index contributed by atoms with van der Waals surface area (Å²) in [5.41, 5.74) is 6.99. The van der Waals surface area contributed by atoms with Gasteiger partial charge in [0.05, 0.1) is 17.3 Å². The second kappa shape index (κ2) is 8.18. The van der Waals surface area contributed by atoms with E-state index < -0.39 is 11.9 Å². The van der Waals surface area contributed by atoms with E-state index in [9.17, 15) is 14.4 Å². The van der Waals surface area contributed by atoms with E-state index in [1.807, 2.05) is 0 Å². The number of nitriles is 1. The highest BCUT2D eigenvalue weighted by Crippen LogP contribution is 2.26. The fourth-order valence-electron chi connectivity index (χ4n) is 2.44. The van der Waals surface area contributed by atoms with Crippen LogP contribution in [-0.4, -0.2) is 16.9 Å². The maximum Gasteiger partial charge on any atom is 0.239 e. The Morgan fingerprint density at radius 2 is 1.75 bits per heavy atom. The molecule has 1 amide bonds. The smallest absolute Gasteiger partial charge is 0.239 e. The molecule has 1 aromatic heterocycles. The van der Waals surface area contributed by atoms with Gasteiger partial charge in [0.15, 0.2) is 0 Å². The molecule has 0 aliphatic heterocycles. The molecule has 0 saturated heterocycles. The molecular formula is C21H17FN4O2. The number of anilines is 1. The Labute approximate surface area is 161 Å². The number of aromatic nitrogens is 1. The Bertz CT molecular complexity index is 1030. The van der Waals surface area contributed by atoms with Gasteiger partial charge in [0, 0.05) is 5.56 Å².